The Morgan fingerprint density at radius 1 is 1.35 bits per heavy atom. The number of nitrogens with one attached hydrogen (secondary N) is 1. The summed E-state index contributed by atoms with van der Waals surface area (Å²) in [5.74, 6) is -0.340. The van der Waals surface area contributed by atoms with Crippen molar-refractivity contribution in [1.82, 2.24) is 4.90 Å². The molecule has 104 valence electrons. The third kappa shape index (κ3) is 3.18. The molecule has 4 nitrogen and oxygen atoms in total. The Morgan fingerprint density at radius 3 is 2.70 bits per heavy atom. The van der Waals surface area contributed by atoms with Gasteiger partial charge in [-0.3, -0.25) is 4.79 Å². The maximum absolute atomic E-state index is 12.2. The number of hydrogen-bond acceptors (Lipinski definition) is 3. The number of likely N-dealkylation sites (tertiary alicyclic amines) is 1. The van der Waals surface area contributed by atoms with Crippen molar-refractivity contribution in [3.63, 3.8) is 0 Å². The third-order valence-corrected chi connectivity index (χ3v) is 3.67. The number of nitrogens with zero attached hydrogens (tertiary/aromatic N) is 2. The number of nitriles is 1. The molecule has 1 aliphatic heterocycles. The van der Waals surface area contributed by atoms with Crippen molar-refractivity contribution in [3.8, 4) is 6.07 Å². The molecule has 0 radical (unpaired) electrons. The van der Waals surface area contributed by atoms with Crippen molar-refractivity contribution in [2.75, 3.05) is 18.4 Å². The number of hydrogen-bond donors (Lipinski definition) is 1. The van der Waals surface area contributed by atoms with Crippen LogP contribution in [0.5, 0.6) is 0 Å². The Kier molecular flexibility index (Phi) is 4.41. The van der Waals surface area contributed by atoms with Crippen molar-refractivity contribution in [2.24, 2.45) is 0 Å². The fourth-order valence-electron chi connectivity index (χ4n) is 2.27. The van der Waals surface area contributed by atoms with E-state index in [0.29, 0.717) is 0 Å². The molecular formula is C16H19N3O. The minimum Gasteiger partial charge on any atom is -0.376 e. The summed E-state index contributed by atoms with van der Waals surface area (Å²) >= 11 is 0. The van der Waals surface area contributed by atoms with Crippen LogP contribution < -0.4 is 5.32 Å². The zero-order chi connectivity index (χ0) is 14.5. The van der Waals surface area contributed by atoms with Crippen LogP contribution in [0.2, 0.25) is 0 Å². The first-order chi connectivity index (χ1) is 9.61. The van der Waals surface area contributed by atoms with Gasteiger partial charge in [0.1, 0.15) is 11.6 Å². The van der Waals surface area contributed by atoms with E-state index in [-0.39, 0.29) is 11.5 Å². The van der Waals surface area contributed by atoms with Gasteiger partial charge in [0, 0.05) is 25.0 Å². The first-order valence-electron chi connectivity index (χ1n) is 6.85. The molecule has 1 fully saturated rings. The molecule has 0 saturated carbocycles. The molecule has 20 heavy (non-hydrogen) atoms. The van der Waals surface area contributed by atoms with Gasteiger partial charge in [-0.2, -0.15) is 5.26 Å². The van der Waals surface area contributed by atoms with Crippen molar-refractivity contribution >= 4 is 11.6 Å². The lowest BCUT2D eigenvalue weighted by Crippen LogP contribution is -2.19. The highest BCUT2D eigenvalue weighted by molar-refractivity contribution is 6.06. The van der Waals surface area contributed by atoms with Gasteiger partial charge in [0.2, 0.25) is 0 Å². The molecule has 4 heteroatoms. The van der Waals surface area contributed by atoms with Crippen LogP contribution in [0.15, 0.2) is 30.0 Å². The molecule has 0 bridgehead atoms. The van der Waals surface area contributed by atoms with Crippen LogP contribution in [-0.4, -0.2) is 23.9 Å². The second kappa shape index (κ2) is 6.25. The van der Waals surface area contributed by atoms with Crippen LogP contribution in [0.4, 0.5) is 5.69 Å². The Bertz CT molecular complexity index is 578. The molecule has 1 aliphatic rings. The van der Waals surface area contributed by atoms with Crippen molar-refractivity contribution in [2.45, 2.75) is 26.7 Å². The zero-order valence-electron chi connectivity index (χ0n) is 11.9. The number of carbonyl (C=O) groups excluding carboxylic acids is 1. The standard InChI is InChI=1S/C16H19N3O/c1-12-6-5-7-15(13(12)2)18-16(20)14(10-17)11-19-8-3-4-9-19/h5-7,11H,3-4,8-9H2,1-2H3,(H,18,20)/b14-11-. The molecule has 1 N–H and O–H groups in total. The molecule has 2 rings (SSSR count). The Balaban J connectivity index is 2.13. The Hall–Kier alpha value is -2.28. The van der Waals surface area contributed by atoms with Crippen molar-refractivity contribution < 1.29 is 4.79 Å². The fraction of sp³-hybridized carbons (Fsp3) is 0.375. The van der Waals surface area contributed by atoms with Gasteiger partial charge < -0.3 is 10.2 Å². The van der Waals surface area contributed by atoms with E-state index in [1.807, 2.05) is 43.0 Å². The van der Waals surface area contributed by atoms with Crippen LogP contribution in [-0.2, 0) is 4.79 Å². The highest BCUT2D eigenvalue weighted by atomic mass is 16.1. The summed E-state index contributed by atoms with van der Waals surface area (Å²) in [6.45, 7) is 5.79. The van der Waals surface area contributed by atoms with E-state index in [2.05, 4.69) is 5.32 Å². The fourth-order valence-corrected chi connectivity index (χ4v) is 2.27. The average molecular weight is 269 g/mol. The van der Waals surface area contributed by atoms with Gasteiger partial charge in [0.15, 0.2) is 0 Å². The topological polar surface area (TPSA) is 56.1 Å². The first kappa shape index (κ1) is 14.1. The maximum atomic E-state index is 12.2. The second-order valence-corrected chi connectivity index (χ2v) is 5.10. The van der Waals surface area contributed by atoms with Gasteiger partial charge in [-0.15, -0.1) is 0 Å². The van der Waals surface area contributed by atoms with Crippen LogP contribution in [0.25, 0.3) is 0 Å². The predicted octanol–water partition coefficient (Wildman–Crippen LogP) is 2.75. The van der Waals surface area contributed by atoms with E-state index in [1.54, 1.807) is 6.20 Å². The van der Waals surface area contributed by atoms with Crippen LogP contribution in [0, 0.1) is 25.2 Å². The summed E-state index contributed by atoms with van der Waals surface area (Å²) in [5, 5.41) is 12.0. The summed E-state index contributed by atoms with van der Waals surface area (Å²) in [6, 6.07) is 7.74. The maximum Gasteiger partial charge on any atom is 0.267 e. The van der Waals surface area contributed by atoms with Gasteiger partial charge in [0.05, 0.1) is 0 Å². The molecular weight excluding hydrogens is 250 g/mol. The van der Waals surface area contributed by atoms with E-state index in [4.69, 9.17) is 5.26 Å². The number of carbonyl (C=O) groups is 1. The quantitative estimate of drug-likeness (QED) is 0.678. The highest BCUT2D eigenvalue weighted by Crippen LogP contribution is 2.19. The summed E-state index contributed by atoms with van der Waals surface area (Å²) in [6.07, 6.45) is 3.91. The smallest absolute Gasteiger partial charge is 0.267 e. The van der Waals surface area contributed by atoms with E-state index in [9.17, 15) is 4.79 Å². The molecule has 1 aromatic carbocycles. The molecule has 1 aromatic rings. The van der Waals surface area contributed by atoms with Gasteiger partial charge in [-0.25, -0.2) is 0 Å². The lowest BCUT2D eigenvalue weighted by atomic mass is 10.1. The van der Waals surface area contributed by atoms with Crippen molar-refractivity contribution in [1.29, 1.82) is 5.26 Å². The normalized spacial score (nSPS) is 15.1. The molecule has 0 unspecified atom stereocenters. The molecule has 1 amide bonds. The number of rotatable bonds is 3. The predicted molar refractivity (Wildman–Crippen MR) is 79.0 cm³/mol. The summed E-state index contributed by atoms with van der Waals surface area (Å²) in [7, 11) is 0. The largest absolute Gasteiger partial charge is 0.376 e. The van der Waals surface area contributed by atoms with Gasteiger partial charge in [-0.1, -0.05) is 12.1 Å². The number of anilines is 1. The molecule has 0 atom stereocenters. The number of amides is 1. The van der Waals surface area contributed by atoms with E-state index < -0.39 is 0 Å². The second-order valence-electron chi connectivity index (χ2n) is 5.10. The third-order valence-electron chi connectivity index (χ3n) is 3.67. The minimum absolute atomic E-state index is 0.160. The highest BCUT2D eigenvalue weighted by Gasteiger charge is 2.15. The lowest BCUT2D eigenvalue weighted by Gasteiger charge is -2.13. The van der Waals surface area contributed by atoms with E-state index >= 15 is 0 Å². The molecule has 1 saturated heterocycles. The van der Waals surface area contributed by atoms with Crippen molar-refractivity contribution in [3.05, 3.63) is 41.1 Å². The average Bonchev–Trinajstić information content (AvgIpc) is 2.94. The van der Waals surface area contributed by atoms with E-state index in [0.717, 1.165) is 42.7 Å². The summed E-state index contributed by atoms with van der Waals surface area (Å²) in [4.78, 5) is 14.2. The summed E-state index contributed by atoms with van der Waals surface area (Å²) < 4.78 is 0. The number of aryl methyl sites for hydroxylation is 1. The van der Waals surface area contributed by atoms with Gasteiger partial charge in [0.25, 0.3) is 5.91 Å². The van der Waals surface area contributed by atoms with Crippen LogP contribution >= 0.6 is 0 Å². The molecule has 0 spiro atoms. The Labute approximate surface area is 119 Å². The van der Waals surface area contributed by atoms with Crippen LogP contribution in [0.1, 0.15) is 24.0 Å². The minimum atomic E-state index is -0.340. The summed E-state index contributed by atoms with van der Waals surface area (Å²) in [5.41, 5.74) is 3.06. The molecule has 0 aromatic heterocycles. The van der Waals surface area contributed by atoms with E-state index in [1.165, 1.54) is 0 Å². The molecule has 0 aliphatic carbocycles. The molecule has 1 heterocycles. The SMILES string of the molecule is Cc1cccc(NC(=O)/C(C#N)=C\N2CCCC2)c1C. The van der Waals surface area contributed by atoms with Gasteiger partial charge >= 0.3 is 0 Å². The number of benzene rings is 1. The van der Waals surface area contributed by atoms with Gasteiger partial charge in [-0.05, 0) is 43.9 Å². The zero-order valence-corrected chi connectivity index (χ0v) is 11.9. The van der Waals surface area contributed by atoms with Crippen LogP contribution in [0.3, 0.4) is 0 Å². The Morgan fingerprint density at radius 2 is 2.05 bits per heavy atom. The lowest BCUT2D eigenvalue weighted by molar-refractivity contribution is -0.112. The first-order valence-corrected chi connectivity index (χ1v) is 6.85. The monoisotopic (exact) mass is 269 g/mol.